The van der Waals surface area contributed by atoms with Gasteiger partial charge in [-0.05, 0) is 38.0 Å². The van der Waals surface area contributed by atoms with Gasteiger partial charge >= 0.3 is 0 Å². The Labute approximate surface area is 106 Å². The zero-order chi connectivity index (χ0) is 12.0. The van der Waals surface area contributed by atoms with Crippen molar-refractivity contribution in [2.24, 2.45) is 5.92 Å². The van der Waals surface area contributed by atoms with Crippen LogP contribution in [0.25, 0.3) is 0 Å². The molecule has 0 heterocycles. The van der Waals surface area contributed by atoms with Crippen molar-refractivity contribution in [2.75, 3.05) is 19.3 Å². The third-order valence-electron chi connectivity index (χ3n) is 3.76. The molecular formula is C13H27NOS. The predicted octanol–water partition coefficient (Wildman–Crippen LogP) is 2.57. The molecule has 1 fully saturated rings. The number of hydrogen-bond donors (Lipinski definition) is 2. The lowest BCUT2D eigenvalue weighted by atomic mass is 9.91. The van der Waals surface area contributed by atoms with E-state index in [1.165, 1.54) is 25.7 Å². The summed E-state index contributed by atoms with van der Waals surface area (Å²) in [6, 6.07) is 0.382. The Hall–Kier alpha value is 0.270. The lowest BCUT2D eigenvalue weighted by Gasteiger charge is -2.36. The Morgan fingerprint density at radius 3 is 2.62 bits per heavy atom. The van der Waals surface area contributed by atoms with Crippen molar-refractivity contribution in [3.05, 3.63) is 0 Å². The van der Waals surface area contributed by atoms with E-state index >= 15 is 0 Å². The number of hydrogen-bond acceptors (Lipinski definition) is 3. The van der Waals surface area contributed by atoms with Gasteiger partial charge in [0.1, 0.15) is 0 Å². The zero-order valence-electron chi connectivity index (χ0n) is 10.7. The maximum atomic E-state index is 9.99. The van der Waals surface area contributed by atoms with Crippen LogP contribution in [0.4, 0.5) is 0 Å². The van der Waals surface area contributed by atoms with Crippen LogP contribution in [0.2, 0.25) is 0 Å². The average molecular weight is 245 g/mol. The Bertz CT molecular complexity index is 189. The maximum absolute atomic E-state index is 9.99. The number of aliphatic hydroxyl groups excluding tert-OH is 1. The Morgan fingerprint density at radius 1 is 1.38 bits per heavy atom. The minimum Gasteiger partial charge on any atom is -0.391 e. The molecule has 0 bridgehead atoms. The summed E-state index contributed by atoms with van der Waals surface area (Å²) in [5.41, 5.74) is 0. The van der Waals surface area contributed by atoms with Gasteiger partial charge in [0.05, 0.1) is 6.10 Å². The molecular weight excluding hydrogens is 218 g/mol. The molecule has 1 saturated carbocycles. The van der Waals surface area contributed by atoms with Crippen molar-refractivity contribution >= 4 is 12.6 Å². The molecule has 0 radical (unpaired) electrons. The molecule has 1 aliphatic rings. The van der Waals surface area contributed by atoms with Gasteiger partial charge in [-0.3, -0.25) is 0 Å². The third-order valence-corrected chi connectivity index (χ3v) is 4.28. The van der Waals surface area contributed by atoms with E-state index in [0.717, 1.165) is 25.1 Å². The first-order valence-corrected chi connectivity index (χ1v) is 7.31. The highest BCUT2D eigenvalue weighted by Gasteiger charge is 2.27. The zero-order valence-corrected chi connectivity index (χ0v) is 11.6. The fraction of sp³-hybridized carbons (Fsp3) is 1.00. The van der Waals surface area contributed by atoms with Crippen molar-refractivity contribution in [1.29, 1.82) is 0 Å². The third kappa shape index (κ3) is 4.27. The van der Waals surface area contributed by atoms with Gasteiger partial charge in [0, 0.05) is 12.6 Å². The number of nitrogens with zero attached hydrogens (tertiary/aromatic N) is 1. The summed E-state index contributed by atoms with van der Waals surface area (Å²) in [6.07, 6.45) is 6.96. The molecule has 1 rings (SSSR count). The highest BCUT2D eigenvalue weighted by molar-refractivity contribution is 7.80. The predicted molar refractivity (Wildman–Crippen MR) is 73.1 cm³/mol. The van der Waals surface area contributed by atoms with Crippen molar-refractivity contribution in [1.82, 2.24) is 4.90 Å². The van der Waals surface area contributed by atoms with Crippen LogP contribution in [-0.4, -0.2) is 41.5 Å². The topological polar surface area (TPSA) is 23.5 Å². The number of rotatable bonds is 6. The Morgan fingerprint density at radius 2 is 2.06 bits per heavy atom. The Kier molecular flexibility index (Phi) is 6.78. The molecule has 3 atom stereocenters. The molecule has 0 aromatic carbocycles. The van der Waals surface area contributed by atoms with Crippen LogP contribution >= 0.6 is 12.6 Å². The summed E-state index contributed by atoms with van der Waals surface area (Å²) in [4.78, 5) is 2.36. The molecule has 0 saturated heterocycles. The van der Waals surface area contributed by atoms with E-state index in [0.29, 0.717) is 12.0 Å². The summed E-state index contributed by atoms with van der Waals surface area (Å²) in [5.74, 6) is 1.63. The molecule has 96 valence electrons. The van der Waals surface area contributed by atoms with Crippen LogP contribution in [0.5, 0.6) is 0 Å². The number of aliphatic hydroxyl groups is 1. The minimum absolute atomic E-state index is 0.110. The van der Waals surface area contributed by atoms with Crippen LogP contribution in [0.3, 0.4) is 0 Å². The second kappa shape index (κ2) is 7.57. The smallest absolute Gasteiger partial charge is 0.0695 e. The second-order valence-corrected chi connectivity index (χ2v) is 5.56. The lowest BCUT2D eigenvalue weighted by Crippen LogP contribution is -2.45. The maximum Gasteiger partial charge on any atom is 0.0695 e. The first-order chi connectivity index (χ1) is 7.69. The van der Waals surface area contributed by atoms with Crippen LogP contribution < -0.4 is 0 Å². The second-order valence-electron chi connectivity index (χ2n) is 5.20. The van der Waals surface area contributed by atoms with E-state index < -0.39 is 0 Å². The average Bonchev–Trinajstić information content (AvgIpc) is 2.28. The first-order valence-electron chi connectivity index (χ1n) is 6.68. The van der Waals surface area contributed by atoms with Crippen molar-refractivity contribution in [2.45, 2.75) is 57.6 Å². The molecule has 3 unspecified atom stereocenters. The molecule has 2 nitrogen and oxygen atoms in total. The van der Waals surface area contributed by atoms with E-state index in [-0.39, 0.29) is 6.10 Å². The molecule has 16 heavy (non-hydrogen) atoms. The largest absolute Gasteiger partial charge is 0.391 e. The van der Waals surface area contributed by atoms with Crippen LogP contribution in [0, 0.1) is 5.92 Å². The Balaban J connectivity index is 2.39. The molecule has 0 spiro atoms. The van der Waals surface area contributed by atoms with Gasteiger partial charge in [0.2, 0.25) is 0 Å². The molecule has 1 aliphatic carbocycles. The van der Waals surface area contributed by atoms with Gasteiger partial charge in [-0.1, -0.05) is 26.2 Å². The normalized spacial score (nSPS) is 28.3. The van der Waals surface area contributed by atoms with Gasteiger partial charge in [-0.2, -0.15) is 12.6 Å². The summed E-state index contributed by atoms with van der Waals surface area (Å²) < 4.78 is 0. The van der Waals surface area contributed by atoms with Gasteiger partial charge in [0.25, 0.3) is 0 Å². The van der Waals surface area contributed by atoms with Crippen molar-refractivity contribution in [3.8, 4) is 0 Å². The van der Waals surface area contributed by atoms with E-state index in [1.807, 2.05) is 0 Å². The first kappa shape index (κ1) is 14.3. The fourth-order valence-corrected chi connectivity index (χ4v) is 3.10. The van der Waals surface area contributed by atoms with Gasteiger partial charge in [-0.15, -0.1) is 0 Å². The van der Waals surface area contributed by atoms with Gasteiger partial charge in [0.15, 0.2) is 0 Å². The summed E-state index contributed by atoms with van der Waals surface area (Å²) in [5, 5.41) is 9.99. The highest BCUT2D eigenvalue weighted by Crippen LogP contribution is 2.23. The number of thiol groups is 1. The lowest BCUT2D eigenvalue weighted by molar-refractivity contribution is 0.0265. The quantitative estimate of drug-likeness (QED) is 0.703. The molecule has 0 aromatic heterocycles. The molecule has 0 aliphatic heterocycles. The van der Waals surface area contributed by atoms with E-state index in [2.05, 4.69) is 31.5 Å². The van der Waals surface area contributed by atoms with Crippen LogP contribution in [-0.2, 0) is 0 Å². The van der Waals surface area contributed by atoms with Crippen molar-refractivity contribution in [3.63, 3.8) is 0 Å². The van der Waals surface area contributed by atoms with E-state index in [4.69, 9.17) is 0 Å². The molecule has 3 heteroatoms. The summed E-state index contributed by atoms with van der Waals surface area (Å²) >= 11 is 4.42. The van der Waals surface area contributed by atoms with E-state index in [1.54, 1.807) is 0 Å². The molecule has 0 aromatic rings. The standard InChI is InChI=1S/C13H27NOS/c1-3-6-11(10-16)9-14(2)12-7-4-5-8-13(12)15/h11-13,15-16H,3-10H2,1-2H3. The molecule has 0 amide bonds. The summed E-state index contributed by atoms with van der Waals surface area (Å²) in [6.45, 7) is 3.31. The van der Waals surface area contributed by atoms with Crippen molar-refractivity contribution < 1.29 is 5.11 Å². The van der Waals surface area contributed by atoms with Crippen LogP contribution in [0.1, 0.15) is 45.4 Å². The highest BCUT2D eigenvalue weighted by atomic mass is 32.1. The van der Waals surface area contributed by atoms with Crippen LogP contribution in [0.15, 0.2) is 0 Å². The summed E-state index contributed by atoms with van der Waals surface area (Å²) in [7, 11) is 2.16. The SMILES string of the molecule is CCCC(CS)CN(C)C1CCCCC1O. The van der Waals surface area contributed by atoms with E-state index in [9.17, 15) is 5.11 Å². The number of likely N-dealkylation sites (N-methyl/N-ethyl adjacent to an activating group) is 1. The molecule has 1 N–H and O–H groups in total. The minimum atomic E-state index is -0.110. The van der Waals surface area contributed by atoms with Gasteiger partial charge in [-0.25, -0.2) is 0 Å². The van der Waals surface area contributed by atoms with Gasteiger partial charge < -0.3 is 10.0 Å². The monoisotopic (exact) mass is 245 g/mol. The fourth-order valence-electron chi connectivity index (χ4n) is 2.80.